The lowest BCUT2D eigenvalue weighted by Gasteiger charge is -2.32. The number of amides is 1. The number of imidazole rings is 1. The number of aromatic nitrogens is 6. The monoisotopic (exact) mass is 482 g/mol. The van der Waals surface area contributed by atoms with Crippen LogP contribution < -0.4 is 10.2 Å². The maximum atomic E-state index is 13.1. The molecule has 1 unspecified atom stereocenters. The Balaban J connectivity index is 1.17. The lowest BCUT2D eigenvalue weighted by Crippen LogP contribution is -2.41. The number of rotatable bonds is 5. The van der Waals surface area contributed by atoms with E-state index in [2.05, 4.69) is 34.1 Å². The van der Waals surface area contributed by atoms with Gasteiger partial charge in [0, 0.05) is 31.0 Å². The van der Waals surface area contributed by atoms with E-state index in [1.54, 1.807) is 6.20 Å². The molecule has 1 atom stereocenters. The van der Waals surface area contributed by atoms with E-state index in [0.717, 1.165) is 59.4 Å². The second-order valence-corrected chi connectivity index (χ2v) is 8.98. The zero-order valence-corrected chi connectivity index (χ0v) is 19.6. The zero-order valence-electron chi connectivity index (χ0n) is 18.8. The Hall–Kier alpha value is -4.18. The fourth-order valence-corrected chi connectivity index (χ4v) is 5.00. The molecule has 10 heteroatoms. The fraction of sp³-hybridized carbons (Fsp3) is 0.200. The van der Waals surface area contributed by atoms with E-state index in [-0.39, 0.29) is 11.8 Å². The zero-order chi connectivity index (χ0) is 23.6. The average molecular weight is 483 g/mol. The van der Waals surface area contributed by atoms with Crippen LogP contribution >= 0.6 is 11.7 Å². The second-order valence-electron chi connectivity index (χ2n) is 8.45. The summed E-state index contributed by atoms with van der Waals surface area (Å²) in [4.78, 5) is 19.7. The summed E-state index contributed by atoms with van der Waals surface area (Å²) < 4.78 is 10.5. The topological polar surface area (TPSA) is 102 Å². The minimum Gasteiger partial charge on any atom is -0.354 e. The molecule has 6 rings (SSSR count). The molecule has 4 heterocycles. The van der Waals surface area contributed by atoms with E-state index in [1.165, 1.54) is 0 Å². The van der Waals surface area contributed by atoms with Crippen molar-refractivity contribution in [3.05, 3.63) is 73.1 Å². The summed E-state index contributed by atoms with van der Waals surface area (Å²) in [6.07, 6.45) is 5.37. The van der Waals surface area contributed by atoms with Gasteiger partial charge in [0.1, 0.15) is 16.9 Å². The number of benzene rings is 2. The Morgan fingerprint density at radius 3 is 2.69 bits per heavy atom. The van der Waals surface area contributed by atoms with Crippen molar-refractivity contribution in [3.8, 4) is 17.2 Å². The molecule has 1 fully saturated rings. The molecule has 3 aromatic heterocycles. The fourth-order valence-electron chi connectivity index (χ4n) is 4.45. The summed E-state index contributed by atoms with van der Waals surface area (Å²) in [5, 5.41) is 12.0. The Morgan fingerprint density at radius 1 is 0.971 bits per heavy atom. The van der Waals surface area contributed by atoms with Crippen molar-refractivity contribution >= 4 is 40.2 Å². The number of fused-ring (bicyclic) bond motifs is 1. The smallest absolute Gasteiger partial charge is 0.229 e. The molecule has 0 radical (unpaired) electrons. The van der Waals surface area contributed by atoms with Crippen LogP contribution in [0.5, 0.6) is 0 Å². The molecule has 5 aromatic rings. The first-order chi connectivity index (χ1) is 17.3. The van der Waals surface area contributed by atoms with Gasteiger partial charge >= 0.3 is 0 Å². The van der Waals surface area contributed by atoms with Crippen LogP contribution in [0.4, 0.5) is 11.5 Å². The molecule has 0 aliphatic carbocycles. The van der Waals surface area contributed by atoms with Gasteiger partial charge in [0.05, 0.1) is 23.3 Å². The number of nitrogens with one attached hydrogen (secondary N) is 1. The predicted octanol–water partition coefficient (Wildman–Crippen LogP) is 4.19. The van der Waals surface area contributed by atoms with E-state index >= 15 is 0 Å². The summed E-state index contributed by atoms with van der Waals surface area (Å²) in [6.45, 7) is 1.43. The summed E-state index contributed by atoms with van der Waals surface area (Å²) in [6, 6.07) is 19.5. The maximum absolute atomic E-state index is 13.1. The number of carbonyl (C=O) groups is 1. The number of piperidine rings is 1. The molecule has 1 amide bonds. The summed E-state index contributed by atoms with van der Waals surface area (Å²) in [5.41, 5.74) is 3.24. The number of nitrogens with zero attached hydrogens (tertiary/aromatic N) is 7. The van der Waals surface area contributed by atoms with Gasteiger partial charge in [0.25, 0.3) is 0 Å². The summed E-state index contributed by atoms with van der Waals surface area (Å²) in [7, 11) is 0. The van der Waals surface area contributed by atoms with Crippen molar-refractivity contribution in [1.82, 2.24) is 28.5 Å². The largest absolute Gasteiger partial charge is 0.354 e. The van der Waals surface area contributed by atoms with Crippen LogP contribution in [0.15, 0.2) is 73.1 Å². The lowest BCUT2D eigenvalue weighted by atomic mass is 9.97. The minimum absolute atomic E-state index is 0.00861. The van der Waals surface area contributed by atoms with Crippen LogP contribution in [0.2, 0.25) is 0 Å². The highest BCUT2D eigenvalue weighted by molar-refractivity contribution is 7.00. The van der Waals surface area contributed by atoms with Crippen molar-refractivity contribution in [3.63, 3.8) is 0 Å². The SMILES string of the molecule is O=C(Nc1cccc2nsnc12)C1CCCN(c2ccc(-n3ccnc3-c3ccccc3)nn2)C1. The van der Waals surface area contributed by atoms with E-state index in [0.29, 0.717) is 18.1 Å². The summed E-state index contributed by atoms with van der Waals surface area (Å²) >= 11 is 1.15. The highest BCUT2D eigenvalue weighted by atomic mass is 32.1. The third-order valence-corrected chi connectivity index (χ3v) is 6.76. The van der Waals surface area contributed by atoms with Crippen molar-refractivity contribution in [2.24, 2.45) is 5.92 Å². The third-order valence-electron chi connectivity index (χ3n) is 6.22. The number of hydrogen-bond acceptors (Lipinski definition) is 8. The van der Waals surface area contributed by atoms with Gasteiger partial charge in [-0.25, -0.2) is 4.98 Å². The Labute approximate surface area is 205 Å². The Kier molecular flexibility index (Phi) is 5.63. The predicted molar refractivity (Wildman–Crippen MR) is 136 cm³/mol. The van der Waals surface area contributed by atoms with Crippen LogP contribution in [-0.2, 0) is 4.79 Å². The highest BCUT2D eigenvalue weighted by Gasteiger charge is 2.27. The van der Waals surface area contributed by atoms with E-state index in [9.17, 15) is 4.79 Å². The highest BCUT2D eigenvalue weighted by Crippen LogP contribution is 2.26. The van der Waals surface area contributed by atoms with Gasteiger partial charge in [-0.1, -0.05) is 36.4 Å². The Bertz CT molecular complexity index is 1460. The quantitative estimate of drug-likeness (QED) is 0.401. The first kappa shape index (κ1) is 21.4. The molecule has 35 heavy (non-hydrogen) atoms. The lowest BCUT2D eigenvalue weighted by molar-refractivity contribution is -0.120. The first-order valence-corrected chi connectivity index (χ1v) is 12.2. The van der Waals surface area contributed by atoms with Gasteiger partial charge in [-0.15, -0.1) is 10.2 Å². The van der Waals surface area contributed by atoms with E-state index in [1.807, 2.05) is 71.4 Å². The van der Waals surface area contributed by atoms with Crippen LogP contribution in [0, 0.1) is 5.92 Å². The van der Waals surface area contributed by atoms with Crippen molar-refractivity contribution < 1.29 is 4.79 Å². The normalized spacial score (nSPS) is 15.9. The third kappa shape index (κ3) is 4.24. The number of carbonyl (C=O) groups excluding carboxylic acids is 1. The van der Waals surface area contributed by atoms with Crippen LogP contribution in [-0.4, -0.2) is 47.5 Å². The standard InChI is InChI=1S/C25H22N8OS/c34-25(27-19-9-4-10-20-23(19)31-35-30-20)18-8-5-14-32(16-18)21-11-12-22(29-28-21)33-15-13-26-24(33)17-6-2-1-3-7-17/h1-4,6-7,9-13,15,18H,5,8,14,16H2,(H,27,34). The Morgan fingerprint density at radius 2 is 1.83 bits per heavy atom. The first-order valence-electron chi connectivity index (χ1n) is 11.5. The molecule has 1 N–H and O–H groups in total. The molecule has 174 valence electrons. The molecule has 1 aliphatic rings. The molecule has 0 saturated carbocycles. The average Bonchev–Trinajstić information content (AvgIpc) is 3.60. The molecule has 1 saturated heterocycles. The number of anilines is 2. The van der Waals surface area contributed by atoms with Crippen molar-refractivity contribution in [2.45, 2.75) is 12.8 Å². The molecular formula is C25H22N8OS. The van der Waals surface area contributed by atoms with E-state index < -0.39 is 0 Å². The molecule has 2 aromatic carbocycles. The van der Waals surface area contributed by atoms with Gasteiger partial charge in [-0.3, -0.25) is 9.36 Å². The number of hydrogen-bond donors (Lipinski definition) is 1. The van der Waals surface area contributed by atoms with Crippen molar-refractivity contribution in [1.29, 1.82) is 0 Å². The van der Waals surface area contributed by atoms with Crippen LogP contribution in [0.25, 0.3) is 28.2 Å². The van der Waals surface area contributed by atoms with Crippen LogP contribution in [0.3, 0.4) is 0 Å². The summed E-state index contributed by atoms with van der Waals surface area (Å²) in [5.74, 6) is 2.11. The van der Waals surface area contributed by atoms with Crippen LogP contribution in [0.1, 0.15) is 12.8 Å². The van der Waals surface area contributed by atoms with Gasteiger partial charge in [-0.05, 0) is 37.1 Å². The molecule has 9 nitrogen and oxygen atoms in total. The van der Waals surface area contributed by atoms with Gasteiger partial charge in [-0.2, -0.15) is 8.75 Å². The molecule has 0 spiro atoms. The maximum Gasteiger partial charge on any atom is 0.229 e. The van der Waals surface area contributed by atoms with Crippen molar-refractivity contribution in [2.75, 3.05) is 23.3 Å². The van der Waals surface area contributed by atoms with E-state index in [4.69, 9.17) is 0 Å². The molecular weight excluding hydrogens is 460 g/mol. The minimum atomic E-state index is -0.148. The second kappa shape index (κ2) is 9.22. The van der Waals surface area contributed by atoms with Gasteiger partial charge in [0.15, 0.2) is 11.6 Å². The van der Waals surface area contributed by atoms with Gasteiger partial charge in [0.2, 0.25) is 5.91 Å². The molecule has 1 aliphatic heterocycles. The van der Waals surface area contributed by atoms with Gasteiger partial charge < -0.3 is 10.2 Å². The molecule has 0 bridgehead atoms.